The van der Waals surface area contributed by atoms with Crippen molar-refractivity contribution in [1.82, 2.24) is 0 Å². The highest BCUT2D eigenvalue weighted by atomic mass is 19.1. The highest BCUT2D eigenvalue weighted by Gasteiger charge is 2.08. The monoisotopic (exact) mass is 252 g/mol. The summed E-state index contributed by atoms with van der Waals surface area (Å²) >= 11 is 0. The van der Waals surface area contributed by atoms with Crippen molar-refractivity contribution in [2.75, 3.05) is 20.3 Å². The Labute approximate surface area is 107 Å². The lowest BCUT2D eigenvalue weighted by molar-refractivity contribution is 0.0893. The number of aliphatic hydroxyl groups excluding tert-OH is 1. The Morgan fingerprint density at radius 3 is 2.89 bits per heavy atom. The molecule has 0 heterocycles. The predicted molar refractivity (Wildman–Crippen MR) is 66.9 cm³/mol. The Morgan fingerprint density at radius 1 is 1.44 bits per heavy atom. The van der Waals surface area contributed by atoms with E-state index in [1.54, 1.807) is 26.2 Å². The second-order valence-electron chi connectivity index (χ2n) is 3.80. The van der Waals surface area contributed by atoms with Gasteiger partial charge in [-0.25, -0.2) is 4.39 Å². The van der Waals surface area contributed by atoms with Gasteiger partial charge in [0.05, 0.1) is 13.2 Å². The summed E-state index contributed by atoms with van der Waals surface area (Å²) in [6.45, 7) is 2.20. The number of ether oxygens (including phenoxy) is 2. The molecule has 0 radical (unpaired) electrons. The van der Waals surface area contributed by atoms with Crippen molar-refractivity contribution < 1.29 is 19.0 Å². The van der Waals surface area contributed by atoms with E-state index in [0.29, 0.717) is 18.6 Å². The molecule has 0 saturated carbocycles. The van der Waals surface area contributed by atoms with E-state index in [2.05, 4.69) is 11.8 Å². The van der Waals surface area contributed by atoms with E-state index in [1.165, 1.54) is 6.07 Å². The first-order valence-corrected chi connectivity index (χ1v) is 5.72. The molecule has 1 aromatic carbocycles. The third kappa shape index (κ3) is 4.74. The second-order valence-corrected chi connectivity index (χ2v) is 3.80. The number of hydrogen-bond acceptors (Lipinski definition) is 3. The van der Waals surface area contributed by atoms with Crippen LogP contribution in [0, 0.1) is 17.7 Å². The molecule has 1 unspecified atom stereocenters. The van der Waals surface area contributed by atoms with E-state index < -0.39 is 5.82 Å². The summed E-state index contributed by atoms with van der Waals surface area (Å²) in [5.74, 6) is 5.34. The van der Waals surface area contributed by atoms with Gasteiger partial charge in [0.25, 0.3) is 0 Å². The third-order valence-electron chi connectivity index (χ3n) is 2.13. The molecule has 0 spiro atoms. The molecule has 0 aliphatic rings. The molecule has 0 bridgehead atoms. The van der Waals surface area contributed by atoms with Crippen molar-refractivity contribution in [2.45, 2.75) is 19.4 Å². The topological polar surface area (TPSA) is 38.7 Å². The average Bonchev–Trinajstić information content (AvgIpc) is 2.34. The van der Waals surface area contributed by atoms with E-state index in [4.69, 9.17) is 14.6 Å². The molecular formula is C14H17FO3. The van der Waals surface area contributed by atoms with Crippen molar-refractivity contribution in [3.05, 3.63) is 29.6 Å². The van der Waals surface area contributed by atoms with Gasteiger partial charge < -0.3 is 14.6 Å². The maximum atomic E-state index is 13.5. The van der Waals surface area contributed by atoms with Gasteiger partial charge in [-0.3, -0.25) is 0 Å². The van der Waals surface area contributed by atoms with Crippen LogP contribution >= 0.6 is 0 Å². The lowest BCUT2D eigenvalue weighted by Gasteiger charge is -2.14. The minimum absolute atomic E-state index is 0.0163. The quantitative estimate of drug-likeness (QED) is 0.814. The number of hydrogen-bond donors (Lipinski definition) is 1. The van der Waals surface area contributed by atoms with E-state index in [1.807, 2.05) is 0 Å². The summed E-state index contributed by atoms with van der Waals surface area (Å²) in [7, 11) is 1.56. The lowest BCUT2D eigenvalue weighted by atomic mass is 10.2. The first-order valence-electron chi connectivity index (χ1n) is 5.72. The van der Waals surface area contributed by atoms with Gasteiger partial charge in [-0.1, -0.05) is 11.8 Å². The van der Waals surface area contributed by atoms with Crippen LogP contribution in [0.4, 0.5) is 4.39 Å². The van der Waals surface area contributed by atoms with Gasteiger partial charge in [0.2, 0.25) is 0 Å². The Balaban J connectivity index is 2.78. The zero-order valence-electron chi connectivity index (χ0n) is 10.6. The second kappa shape index (κ2) is 7.70. The molecule has 98 valence electrons. The largest absolute Gasteiger partial charge is 0.485 e. The Kier molecular flexibility index (Phi) is 6.20. The smallest absolute Gasteiger partial charge is 0.165 e. The molecule has 1 atom stereocenters. The van der Waals surface area contributed by atoms with E-state index in [0.717, 1.165) is 0 Å². The fraction of sp³-hybridized carbons (Fsp3) is 0.429. The van der Waals surface area contributed by atoms with Crippen LogP contribution in [-0.4, -0.2) is 31.5 Å². The summed E-state index contributed by atoms with van der Waals surface area (Å²) < 4.78 is 23.8. The number of methoxy groups -OCH3 is 1. The summed E-state index contributed by atoms with van der Waals surface area (Å²) in [6.07, 6.45) is 0.165. The molecular weight excluding hydrogens is 235 g/mol. The van der Waals surface area contributed by atoms with Crippen LogP contribution in [0.5, 0.6) is 5.75 Å². The Hall–Kier alpha value is -1.57. The van der Waals surface area contributed by atoms with Crippen LogP contribution in [0.2, 0.25) is 0 Å². The minimum Gasteiger partial charge on any atom is -0.485 e. The molecule has 1 aromatic rings. The van der Waals surface area contributed by atoms with Gasteiger partial charge in [-0.15, -0.1) is 0 Å². The first-order chi connectivity index (χ1) is 8.67. The van der Waals surface area contributed by atoms with Gasteiger partial charge in [0.15, 0.2) is 11.6 Å². The molecule has 0 aromatic heterocycles. The number of rotatable bonds is 5. The molecule has 0 saturated heterocycles. The minimum atomic E-state index is -0.425. The van der Waals surface area contributed by atoms with Crippen molar-refractivity contribution in [2.24, 2.45) is 0 Å². The first kappa shape index (κ1) is 14.5. The van der Waals surface area contributed by atoms with Crippen molar-refractivity contribution in [3.63, 3.8) is 0 Å². The van der Waals surface area contributed by atoms with E-state index >= 15 is 0 Å². The molecule has 3 nitrogen and oxygen atoms in total. The van der Waals surface area contributed by atoms with Crippen LogP contribution < -0.4 is 4.74 Å². The fourth-order valence-corrected chi connectivity index (χ4v) is 1.38. The summed E-state index contributed by atoms with van der Waals surface area (Å²) in [5.41, 5.74) is 0.657. The molecule has 1 N–H and O–H groups in total. The van der Waals surface area contributed by atoms with Crippen molar-refractivity contribution >= 4 is 0 Å². The van der Waals surface area contributed by atoms with Crippen LogP contribution in [0.15, 0.2) is 18.2 Å². The van der Waals surface area contributed by atoms with Crippen LogP contribution in [-0.2, 0) is 4.74 Å². The zero-order valence-corrected chi connectivity index (χ0v) is 10.6. The van der Waals surface area contributed by atoms with Gasteiger partial charge in [0.1, 0.15) is 6.10 Å². The predicted octanol–water partition coefficient (Wildman–Crippen LogP) is 1.97. The number of benzene rings is 1. The van der Waals surface area contributed by atoms with E-state index in [9.17, 15) is 4.39 Å². The maximum absolute atomic E-state index is 13.5. The molecule has 18 heavy (non-hydrogen) atoms. The Morgan fingerprint density at radius 2 is 2.22 bits per heavy atom. The molecule has 0 aliphatic heterocycles. The molecule has 4 heteroatoms. The molecule has 1 rings (SSSR count). The lowest BCUT2D eigenvalue weighted by Crippen LogP contribution is -2.18. The van der Waals surface area contributed by atoms with Gasteiger partial charge >= 0.3 is 0 Å². The molecule has 0 fully saturated rings. The van der Waals surface area contributed by atoms with Crippen LogP contribution in [0.25, 0.3) is 0 Å². The summed E-state index contributed by atoms with van der Waals surface area (Å²) in [4.78, 5) is 0. The van der Waals surface area contributed by atoms with Gasteiger partial charge in [-0.2, -0.15) is 0 Å². The number of aliphatic hydroxyl groups is 1. The standard InChI is InChI=1S/C14H17FO3/c1-11(10-17-2)18-14-9-12(5-3-4-8-16)6-7-13(14)15/h6-7,9,11,16H,4,8,10H2,1-2H3. The van der Waals surface area contributed by atoms with Gasteiger partial charge in [0, 0.05) is 19.1 Å². The molecule has 0 amide bonds. The zero-order chi connectivity index (χ0) is 13.4. The maximum Gasteiger partial charge on any atom is 0.165 e. The third-order valence-corrected chi connectivity index (χ3v) is 2.13. The normalized spacial score (nSPS) is 11.6. The average molecular weight is 252 g/mol. The van der Waals surface area contributed by atoms with Crippen LogP contribution in [0.1, 0.15) is 18.9 Å². The van der Waals surface area contributed by atoms with Crippen LogP contribution in [0.3, 0.4) is 0 Å². The summed E-state index contributed by atoms with van der Waals surface area (Å²) in [6, 6.07) is 4.44. The highest BCUT2D eigenvalue weighted by Crippen LogP contribution is 2.19. The van der Waals surface area contributed by atoms with Crippen molar-refractivity contribution in [3.8, 4) is 17.6 Å². The SMILES string of the molecule is COCC(C)Oc1cc(C#CCCO)ccc1F. The van der Waals surface area contributed by atoms with Crippen molar-refractivity contribution in [1.29, 1.82) is 0 Å². The van der Waals surface area contributed by atoms with E-state index in [-0.39, 0.29) is 18.5 Å². The van der Waals surface area contributed by atoms with Gasteiger partial charge in [-0.05, 0) is 25.1 Å². The highest BCUT2D eigenvalue weighted by molar-refractivity contribution is 5.40. The number of halogens is 1. The summed E-state index contributed by atoms with van der Waals surface area (Å²) in [5, 5.41) is 8.62. The fourth-order valence-electron chi connectivity index (χ4n) is 1.38. The Bertz CT molecular complexity index is 434. The molecule has 0 aliphatic carbocycles.